The molecule has 0 aliphatic carbocycles. The van der Waals surface area contributed by atoms with Crippen LogP contribution < -0.4 is 0 Å². The number of thiophene rings is 1. The molecule has 84 valence electrons. The van der Waals surface area contributed by atoms with Crippen molar-refractivity contribution in [3.8, 4) is 9.88 Å². The molecule has 0 aromatic carbocycles. The van der Waals surface area contributed by atoms with Gasteiger partial charge in [-0.1, -0.05) is 0 Å². The third-order valence-corrected chi connectivity index (χ3v) is 4.88. The lowest BCUT2D eigenvalue weighted by Crippen LogP contribution is -1.99. The first-order chi connectivity index (χ1) is 7.61. The first kappa shape index (κ1) is 11.8. The van der Waals surface area contributed by atoms with Crippen molar-refractivity contribution in [2.24, 2.45) is 0 Å². The summed E-state index contributed by atoms with van der Waals surface area (Å²) >= 11 is 6.36. The van der Waals surface area contributed by atoms with Gasteiger partial charge >= 0.3 is 5.97 Å². The molecule has 0 saturated heterocycles. The average Bonchev–Trinajstić information content (AvgIpc) is 2.83. The molecule has 6 heteroatoms. The van der Waals surface area contributed by atoms with Gasteiger partial charge in [-0.15, -0.1) is 22.7 Å². The Kier molecular flexibility index (Phi) is 3.41. The number of hydrogen-bond acceptors (Lipinski definition) is 5. The molecule has 0 atom stereocenters. The van der Waals surface area contributed by atoms with Crippen LogP contribution in [-0.2, 0) is 4.74 Å². The van der Waals surface area contributed by atoms with Gasteiger partial charge < -0.3 is 4.74 Å². The monoisotopic (exact) mass is 317 g/mol. The van der Waals surface area contributed by atoms with Gasteiger partial charge in [0.15, 0.2) is 0 Å². The second-order valence-electron chi connectivity index (χ2n) is 3.03. The van der Waals surface area contributed by atoms with Crippen LogP contribution in [0.15, 0.2) is 15.9 Å². The Morgan fingerprint density at radius 1 is 1.44 bits per heavy atom. The molecular weight excluding hydrogens is 310 g/mol. The fourth-order valence-electron chi connectivity index (χ4n) is 1.21. The summed E-state index contributed by atoms with van der Waals surface area (Å²) in [5.41, 5.74) is 0.719. The molecule has 0 amide bonds. The second kappa shape index (κ2) is 4.65. The van der Waals surface area contributed by atoms with Gasteiger partial charge in [-0.25, -0.2) is 9.78 Å². The lowest BCUT2D eigenvalue weighted by atomic mass is 10.4. The summed E-state index contributed by atoms with van der Waals surface area (Å²) in [6.07, 6.45) is 0. The number of rotatable bonds is 2. The van der Waals surface area contributed by atoms with Crippen LogP contribution >= 0.6 is 38.6 Å². The molecule has 2 heterocycles. The second-order valence-corrected chi connectivity index (χ2v) is 6.49. The predicted molar refractivity (Wildman–Crippen MR) is 69.2 cm³/mol. The average molecular weight is 318 g/mol. The number of ether oxygens (including phenoxy) is 1. The van der Waals surface area contributed by atoms with E-state index in [-0.39, 0.29) is 5.97 Å². The van der Waals surface area contributed by atoms with Gasteiger partial charge in [0, 0.05) is 0 Å². The van der Waals surface area contributed by atoms with Gasteiger partial charge in [-0.2, -0.15) is 0 Å². The van der Waals surface area contributed by atoms with E-state index in [1.807, 2.05) is 19.1 Å². The lowest BCUT2D eigenvalue weighted by Gasteiger charge is -1.93. The van der Waals surface area contributed by atoms with Crippen LogP contribution in [0, 0.1) is 6.92 Å². The molecule has 0 fully saturated rings. The molecule has 0 saturated carbocycles. The number of hydrogen-bond donors (Lipinski definition) is 0. The van der Waals surface area contributed by atoms with Crippen molar-refractivity contribution in [3.05, 3.63) is 26.5 Å². The zero-order chi connectivity index (χ0) is 11.7. The van der Waals surface area contributed by atoms with Crippen LogP contribution in [0.1, 0.15) is 15.4 Å². The molecule has 3 nitrogen and oxygen atoms in total. The quantitative estimate of drug-likeness (QED) is 0.792. The highest BCUT2D eigenvalue weighted by Crippen LogP contribution is 2.35. The summed E-state index contributed by atoms with van der Waals surface area (Å²) in [6.45, 7) is 1.81. The van der Waals surface area contributed by atoms with Gasteiger partial charge in [0.1, 0.15) is 9.88 Å². The Morgan fingerprint density at radius 2 is 2.19 bits per heavy atom. The van der Waals surface area contributed by atoms with E-state index in [1.165, 1.54) is 18.4 Å². The molecule has 2 aromatic rings. The van der Waals surface area contributed by atoms with E-state index < -0.39 is 0 Å². The molecule has 16 heavy (non-hydrogen) atoms. The summed E-state index contributed by atoms with van der Waals surface area (Å²) in [7, 11) is 1.38. The summed E-state index contributed by atoms with van der Waals surface area (Å²) < 4.78 is 5.75. The van der Waals surface area contributed by atoms with Gasteiger partial charge in [0.2, 0.25) is 0 Å². The first-order valence-corrected chi connectivity index (χ1v) is 6.86. The van der Waals surface area contributed by atoms with Gasteiger partial charge in [0.25, 0.3) is 0 Å². The lowest BCUT2D eigenvalue weighted by molar-refractivity contribution is 0.0605. The van der Waals surface area contributed by atoms with Crippen LogP contribution in [0.5, 0.6) is 0 Å². The molecule has 0 spiro atoms. The van der Waals surface area contributed by atoms with Crippen LogP contribution in [0.3, 0.4) is 0 Å². The third kappa shape index (κ3) is 2.18. The van der Waals surface area contributed by atoms with E-state index in [4.69, 9.17) is 4.74 Å². The molecular formula is C10H8BrNO2S2. The normalized spacial score (nSPS) is 10.4. The Bertz CT molecular complexity index is 533. The fourth-order valence-corrected chi connectivity index (χ4v) is 3.64. The van der Waals surface area contributed by atoms with Crippen LogP contribution in [0.2, 0.25) is 0 Å². The maximum Gasteiger partial charge on any atom is 0.349 e. The van der Waals surface area contributed by atoms with Gasteiger partial charge in [-0.05, 0) is 35.0 Å². The van der Waals surface area contributed by atoms with E-state index in [1.54, 1.807) is 11.3 Å². The summed E-state index contributed by atoms with van der Waals surface area (Å²) in [4.78, 5) is 17.4. The Labute approximate surface area is 109 Å². The summed E-state index contributed by atoms with van der Waals surface area (Å²) in [5, 5.41) is 0.855. The molecule has 0 radical (unpaired) electrons. The zero-order valence-electron chi connectivity index (χ0n) is 8.61. The maximum atomic E-state index is 11.4. The number of carbonyl (C=O) groups is 1. The van der Waals surface area contributed by atoms with E-state index in [2.05, 4.69) is 20.9 Å². The number of carbonyl (C=O) groups excluding carboxylic acids is 1. The number of methoxy groups -OCH3 is 1. The van der Waals surface area contributed by atoms with Crippen molar-refractivity contribution in [3.63, 3.8) is 0 Å². The molecule has 0 aliphatic rings. The smallest absolute Gasteiger partial charge is 0.349 e. The number of esters is 1. The zero-order valence-corrected chi connectivity index (χ0v) is 11.8. The Hall–Kier alpha value is -0.720. The number of aromatic nitrogens is 1. The van der Waals surface area contributed by atoms with Gasteiger partial charge in [-0.3, -0.25) is 0 Å². The molecule has 0 bridgehead atoms. The minimum Gasteiger partial charge on any atom is -0.465 e. The van der Waals surface area contributed by atoms with E-state index in [9.17, 15) is 4.79 Å². The van der Waals surface area contributed by atoms with Crippen molar-refractivity contribution < 1.29 is 9.53 Å². The number of thiazole rings is 1. The predicted octanol–water partition coefficient (Wildman–Crippen LogP) is 3.73. The maximum absolute atomic E-state index is 11.4. The molecule has 0 unspecified atom stereocenters. The van der Waals surface area contributed by atoms with Crippen LogP contribution in [-0.4, -0.2) is 18.1 Å². The summed E-state index contributed by atoms with van der Waals surface area (Å²) in [6, 6.07) is 3.95. The third-order valence-electron chi connectivity index (χ3n) is 1.95. The fraction of sp³-hybridized carbons (Fsp3) is 0.200. The first-order valence-electron chi connectivity index (χ1n) is 4.43. The highest BCUT2D eigenvalue weighted by molar-refractivity contribution is 9.11. The molecule has 2 rings (SSSR count). The van der Waals surface area contributed by atoms with Crippen molar-refractivity contribution in [2.75, 3.05) is 7.11 Å². The Morgan fingerprint density at radius 3 is 2.75 bits per heavy atom. The van der Waals surface area contributed by atoms with E-state index >= 15 is 0 Å². The van der Waals surface area contributed by atoms with Crippen molar-refractivity contribution >= 4 is 44.6 Å². The van der Waals surface area contributed by atoms with Crippen LogP contribution in [0.25, 0.3) is 9.88 Å². The molecule has 0 N–H and O–H groups in total. The number of halogens is 1. The number of nitrogens with zero attached hydrogens (tertiary/aromatic N) is 1. The summed E-state index contributed by atoms with van der Waals surface area (Å²) in [5.74, 6) is -0.322. The molecule has 2 aromatic heterocycles. The largest absolute Gasteiger partial charge is 0.465 e. The highest BCUT2D eigenvalue weighted by atomic mass is 79.9. The Balaban J connectivity index is 2.41. The minimum atomic E-state index is -0.322. The minimum absolute atomic E-state index is 0.322. The molecule has 0 aliphatic heterocycles. The van der Waals surface area contributed by atoms with E-state index in [0.29, 0.717) is 4.88 Å². The van der Waals surface area contributed by atoms with Crippen molar-refractivity contribution in [1.29, 1.82) is 0 Å². The standard InChI is InChI=1S/C10H8BrNO2S2/c1-5-8(10(13)14-2)16-9(12-5)6-3-4-7(11)15-6/h3-4H,1-2H3. The van der Waals surface area contributed by atoms with Crippen molar-refractivity contribution in [1.82, 2.24) is 4.98 Å². The van der Waals surface area contributed by atoms with Crippen LogP contribution in [0.4, 0.5) is 0 Å². The highest BCUT2D eigenvalue weighted by Gasteiger charge is 2.17. The SMILES string of the molecule is COC(=O)c1sc(-c2ccc(Br)s2)nc1C. The van der Waals surface area contributed by atoms with Crippen molar-refractivity contribution in [2.45, 2.75) is 6.92 Å². The topological polar surface area (TPSA) is 39.2 Å². The number of aryl methyl sites for hydroxylation is 1. The van der Waals surface area contributed by atoms with E-state index in [0.717, 1.165) is 19.4 Å². The van der Waals surface area contributed by atoms with Gasteiger partial charge in [0.05, 0.1) is 21.5 Å².